The fourth-order valence-corrected chi connectivity index (χ4v) is 2.24. The zero-order chi connectivity index (χ0) is 13.0. The molecule has 1 aromatic heterocycles. The van der Waals surface area contributed by atoms with Crippen molar-refractivity contribution in [1.82, 2.24) is 15.1 Å². The number of halogens is 1. The minimum Gasteiger partial charge on any atom is -0.393 e. The summed E-state index contributed by atoms with van der Waals surface area (Å²) < 4.78 is 1.82. The van der Waals surface area contributed by atoms with Crippen LogP contribution in [0.5, 0.6) is 0 Å². The van der Waals surface area contributed by atoms with E-state index in [-0.39, 0.29) is 12.1 Å². The Morgan fingerprint density at radius 2 is 2.12 bits per heavy atom. The van der Waals surface area contributed by atoms with E-state index >= 15 is 0 Å². The molecule has 98 valence electrons. The van der Waals surface area contributed by atoms with Crippen LogP contribution in [-0.2, 0) is 20.0 Å². The smallest absolute Gasteiger partial charge is 0.0863 e. The van der Waals surface area contributed by atoms with E-state index in [4.69, 9.17) is 11.6 Å². The highest BCUT2D eigenvalue weighted by Crippen LogP contribution is 2.20. The van der Waals surface area contributed by atoms with Crippen molar-refractivity contribution in [3.8, 4) is 0 Å². The molecule has 0 amide bonds. The Labute approximate surface area is 108 Å². The molecule has 0 bridgehead atoms. The van der Waals surface area contributed by atoms with Gasteiger partial charge < -0.3 is 10.4 Å². The highest BCUT2D eigenvalue weighted by Gasteiger charge is 2.13. The van der Waals surface area contributed by atoms with Gasteiger partial charge in [-0.25, -0.2) is 0 Å². The summed E-state index contributed by atoms with van der Waals surface area (Å²) >= 11 is 6.25. The van der Waals surface area contributed by atoms with Crippen LogP contribution in [0.3, 0.4) is 0 Å². The molecule has 1 heterocycles. The van der Waals surface area contributed by atoms with Crippen LogP contribution in [0.1, 0.15) is 38.6 Å². The standard InChI is InChI=1S/C12H22ClN3O/c1-5-10-12(13)11(16(4)15-10)7-14-8(2)6-9(3)17/h8-9,14,17H,5-7H2,1-4H3. The number of hydrogen-bond donors (Lipinski definition) is 2. The lowest BCUT2D eigenvalue weighted by molar-refractivity contribution is 0.170. The van der Waals surface area contributed by atoms with Gasteiger partial charge in [0.15, 0.2) is 0 Å². The zero-order valence-corrected chi connectivity index (χ0v) is 11.8. The second kappa shape index (κ2) is 6.38. The highest BCUT2D eigenvalue weighted by molar-refractivity contribution is 6.31. The number of aliphatic hydroxyl groups excluding tert-OH is 1. The molecular formula is C12H22ClN3O. The Morgan fingerprint density at radius 1 is 1.47 bits per heavy atom. The number of rotatable bonds is 6. The molecule has 2 N–H and O–H groups in total. The molecule has 17 heavy (non-hydrogen) atoms. The van der Waals surface area contributed by atoms with Crippen LogP contribution in [0, 0.1) is 0 Å². The fraction of sp³-hybridized carbons (Fsp3) is 0.750. The number of aromatic nitrogens is 2. The monoisotopic (exact) mass is 259 g/mol. The summed E-state index contributed by atoms with van der Waals surface area (Å²) in [6, 6.07) is 0.256. The Bertz CT molecular complexity index is 363. The molecule has 0 aliphatic rings. The first-order valence-electron chi connectivity index (χ1n) is 6.07. The van der Waals surface area contributed by atoms with Gasteiger partial charge in [-0.2, -0.15) is 5.10 Å². The average Bonchev–Trinajstić information content (AvgIpc) is 2.50. The summed E-state index contributed by atoms with van der Waals surface area (Å²) in [6.45, 7) is 6.57. The molecule has 0 spiro atoms. The molecule has 2 unspecified atom stereocenters. The van der Waals surface area contributed by atoms with Crippen molar-refractivity contribution >= 4 is 11.6 Å². The van der Waals surface area contributed by atoms with E-state index in [1.807, 2.05) is 18.7 Å². The molecule has 0 saturated carbocycles. The number of nitrogens with one attached hydrogen (secondary N) is 1. The molecule has 1 rings (SSSR count). The van der Waals surface area contributed by atoms with Crippen molar-refractivity contribution in [3.05, 3.63) is 16.4 Å². The maximum Gasteiger partial charge on any atom is 0.0863 e. The first kappa shape index (κ1) is 14.5. The van der Waals surface area contributed by atoms with Crippen molar-refractivity contribution in [1.29, 1.82) is 0 Å². The van der Waals surface area contributed by atoms with E-state index in [1.54, 1.807) is 6.92 Å². The fourth-order valence-electron chi connectivity index (χ4n) is 1.88. The Kier molecular flexibility index (Phi) is 5.43. The number of aliphatic hydroxyl groups is 1. The molecule has 0 aliphatic heterocycles. The van der Waals surface area contributed by atoms with Gasteiger partial charge in [0, 0.05) is 19.6 Å². The lowest BCUT2D eigenvalue weighted by atomic mass is 10.1. The van der Waals surface area contributed by atoms with Crippen molar-refractivity contribution in [3.63, 3.8) is 0 Å². The van der Waals surface area contributed by atoms with E-state index < -0.39 is 0 Å². The summed E-state index contributed by atoms with van der Waals surface area (Å²) in [5.41, 5.74) is 1.94. The summed E-state index contributed by atoms with van der Waals surface area (Å²) in [7, 11) is 1.90. The molecule has 4 nitrogen and oxygen atoms in total. The van der Waals surface area contributed by atoms with Gasteiger partial charge in [-0.3, -0.25) is 4.68 Å². The van der Waals surface area contributed by atoms with Gasteiger partial charge in [0.25, 0.3) is 0 Å². The molecule has 2 atom stereocenters. The lowest BCUT2D eigenvalue weighted by Gasteiger charge is -2.15. The third-order valence-electron chi connectivity index (χ3n) is 2.82. The number of nitrogens with zero attached hydrogens (tertiary/aromatic N) is 2. The highest BCUT2D eigenvalue weighted by atomic mass is 35.5. The maximum absolute atomic E-state index is 9.29. The minimum absolute atomic E-state index is 0.256. The largest absolute Gasteiger partial charge is 0.393 e. The molecule has 0 fully saturated rings. The quantitative estimate of drug-likeness (QED) is 0.820. The van der Waals surface area contributed by atoms with Crippen LogP contribution < -0.4 is 5.32 Å². The van der Waals surface area contributed by atoms with Crippen LogP contribution in [0.4, 0.5) is 0 Å². The van der Waals surface area contributed by atoms with Crippen LogP contribution in [0.2, 0.25) is 5.02 Å². The minimum atomic E-state index is -0.286. The number of aryl methyl sites for hydroxylation is 2. The molecule has 0 aromatic carbocycles. The summed E-state index contributed by atoms with van der Waals surface area (Å²) in [4.78, 5) is 0. The maximum atomic E-state index is 9.29. The lowest BCUT2D eigenvalue weighted by Crippen LogP contribution is -2.29. The predicted molar refractivity (Wildman–Crippen MR) is 70.2 cm³/mol. The first-order chi connectivity index (χ1) is 7.95. The van der Waals surface area contributed by atoms with E-state index in [1.165, 1.54) is 0 Å². The molecular weight excluding hydrogens is 238 g/mol. The van der Waals surface area contributed by atoms with E-state index in [0.29, 0.717) is 6.54 Å². The van der Waals surface area contributed by atoms with Crippen molar-refractivity contribution < 1.29 is 5.11 Å². The van der Waals surface area contributed by atoms with Crippen molar-refractivity contribution in [2.45, 2.75) is 52.3 Å². The van der Waals surface area contributed by atoms with E-state index in [2.05, 4.69) is 17.3 Å². The SMILES string of the molecule is CCc1nn(C)c(CNC(C)CC(C)O)c1Cl. The number of hydrogen-bond acceptors (Lipinski definition) is 3. The van der Waals surface area contributed by atoms with Crippen molar-refractivity contribution in [2.24, 2.45) is 7.05 Å². The van der Waals surface area contributed by atoms with Gasteiger partial charge in [-0.1, -0.05) is 18.5 Å². The molecule has 0 radical (unpaired) electrons. The van der Waals surface area contributed by atoms with Crippen LogP contribution in [0.15, 0.2) is 0 Å². The first-order valence-corrected chi connectivity index (χ1v) is 6.45. The van der Waals surface area contributed by atoms with Crippen LogP contribution >= 0.6 is 11.6 Å². The van der Waals surface area contributed by atoms with Gasteiger partial charge in [-0.05, 0) is 26.7 Å². The van der Waals surface area contributed by atoms with Gasteiger partial charge in [-0.15, -0.1) is 0 Å². The normalized spacial score (nSPS) is 14.9. The van der Waals surface area contributed by atoms with Crippen molar-refractivity contribution in [2.75, 3.05) is 0 Å². The topological polar surface area (TPSA) is 50.1 Å². The third-order valence-corrected chi connectivity index (χ3v) is 3.25. The van der Waals surface area contributed by atoms with Gasteiger partial charge in [0.2, 0.25) is 0 Å². The summed E-state index contributed by atoms with van der Waals surface area (Å²) in [5, 5.41) is 17.8. The molecule has 5 heteroatoms. The average molecular weight is 260 g/mol. The van der Waals surface area contributed by atoms with Gasteiger partial charge >= 0.3 is 0 Å². The molecule has 0 saturated heterocycles. The predicted octanol–water partition coefficient (Wildman–Crippen LogP) is 1.88. The zero-order valence-electron chi connectivity index (χ0n) is 11.0. The second-order valence-electron chi connectivity index (χ2n) is 4.55. The van der Waals surface area contributed by atoms with Gasteiger partial charge in [0.05, 0.1) is 22.5 Å². The Balaban J connectivity index is 2.60. The Morgan fingerprint density at radius 3 is 2.59 bits per heavy atom. The summed E-state index contributed by atoms with van der Waals surface area (Å²) in [5.74, 6) is 0. The molecule has 0 aliphatic carbocycles. The van der Waals surface area contributed by atoms with Crippen LogP contribution in [-0.4, -0.2) is 27.0 Å². The third kappa shape index (κ3) is 3.98. The van der Waals surface area contributed by atoms with Crippen LogP contribution in [0.25, 0.3) is 0 Å². The van der Waals surface area contributed by atoms with E-state index in [0.717, 1.165) is 29.3 Å². The second-order valence-corrected chi connectivity index (χ2v) is 4.93. The summed E-state index contributed by atoms with van der Waals surface area (Å²) in [6.07, 6.45) is 1.29. The Hall–Kier alpha value is -0.580. The van der Waals surface area contributed by atoms with Gasteiger partial charge in [0.1, 0.15) is 0 Å². The van der Waals surface area contributed by atoms with E-state index in [9.17, 15) is 5.11 Å². The molecule has 1 aromatic rings.